The van der Waals surface area contributed by atoms with Crippen molar-refractivity contribution in [2.45, 2.75) is 20.0 Å². The van der Waals surface area contributed by atoms with Crippen molar-refractivity contribution in [2.75, 3.05) is 11.1 Å². The number of rotatable bonds is 2. The lowest BCUT2D eigenvalue weighted by molar-refractivity contribution is -0.123. The molecule has 0 saturated carbocycles. The number of benzene rings is 1. The van der Waals surface area contributed by atoms with Crippen molar-refractivity contribution in [3.8, 4) is 0 Å². The van der Waals surface area contributed by atoms with E-state index in [1.54, 1.807) is 18.2 Å². The summed E-state index contributed by atoms with van der Waals surface area (Å²) in [6.07, 6.45) is -1.01. The Bertz CT molecular complexity index is 348. The van der Waals surface area contributed by atoms with Crippen LogP contribution in [0.25, 0.3) is 0 Å². The highest BCUT2D eigenvalue weighted by Crippen LogP contribution is 2.17. The second-order valence-corrected chi connectivity index (χ2v) is 3.24. The lowest BCUT2D eigenvalue weighted by Gasteiger charge is -2.10. The number of amides is 1. The predicted octanol–water partition coefficient (Wildman–Crippen LogP) is 0.897. The predicted molar refractivity (Wildman–Crippen MR) is 55.9 cm³/mol. The Labute approximate surface area is 82.7 Å². The van der Waals surface area contributed by atoms with Crippen LogP contribution in [0.2, 0.25) is 0 Å². The van der Waals surface area contributed by atoms with Crippen LogP contribution >= 0.6 is 0 Å². The maximum absolute atomic E-state index is 11.2. The molecule has 0 spiro atoms. The Morgan fingerprint density at radius 3 is 2.71 bits per heavy atom. The van der Waals surface area contributed by atoms with Crippen LogP contribution in [-0.2, 0) is 4.79 Å². The van der Waals surface area contributed by atoms with E-state index in [2.05, 4.69) is 5.32 Å². The summed E-state index contributed by atoms with van der Waals surface area (Å²) in [6.45, 7) is 3.26. The molecule has 1 aromatic carbocycles. The Morgan fingerprint density at radius 1 is 1.57 bits per heavy atom. The first-order valence-corrected chi connectivity index (χ1v) is 4.36. The summed E-state index contributed by atoms with van der Waals surface area (Å²) < 4.78 is 0. The first kappa shape index (κ1) is 10.5. The zero-order valence-electron chi connectivity index (χ0n) is 8.24. The largest absolute Gasteiger partial charge is 0.399 e. The number of nitrogen functional groups attached to an aromatic ring is 1. The molecule has 0 aliphatic heterocycles. The first-order chi connectivity index (χ1) is 6.50. The molecule has 4 nitrogen and oxygen atoms in total. The number of aryl methyl sites for hydroxylation is 1. The molecule has 1 rings (SSSR count). The van der Waals surface area contributed by atoms with Gasteiger partial charge in [0, 0.05) is 11.4 Å². The number of aliphatic hydroxyl groups is 1. The molecule has 0 aliphatic rings. The topological polar surface area (TPSA) is 75.3 Å². The molecule has 1 aromatic rings. The van der Waals surface area contributed by atoms with Gasteiger partial charge < -0.3 is 16.2 Å². The number of aliphatic hydroxyl groups excluding tert-OH is 1. The normalized spacial score (nSPS) is 12.2. The Morgan fingerprint density at radius 2 is 2.21 bits per heavy atom. The number of anilines is 2. The quantitative estimate of drug-likeness (QED) is 0.612. The van der Waals surface area contributed by atoms with E-state index in [4.69, 9.17) is 10.8 Å². The van der Waals surface area contributed by atoms with Crippen molar-refractivity contribution >= 4 is 17.3 Å². The van der Waals surface area contributed by atoms with E-state index in [0.717, 1.165) is 5.56 Å². The van der Waals surface area contributed by atoms with E-state index in [1.807, 2.05) is 6.92 Å². The van der Waals surface area contributed by atoms with Gasteiger partial charge in [0.25, 0.3) is 5.91 Å². The second-order valence-electron chi connectivity index (χ2n) is 3.24. The van der Waals surface area contributed by atoms with E-state index in [-0.39, 0.29) is 0 Å². The lowest BCUT2D eigenvalue weighted by atomic mass is 10.1. The van der Waals surface area contributed by atoms with Crippen LogP contribution in [0.1, 0.15) is 12.5 Å². The SMILES string of the molecule is Cc1cc(N)ccc1NC(=O)C(C)O. The van der Waals surface area contributed by atoms with E-state index < -0.39 is 12.0 Å². The molecule has 76 valence electrons. The fourth-order valence-electron chi connectivity index (χ4n) is 1.06. The van der Waals surface area contributed by atoms with Gasteiger partial charge in [-0.1, -0.05) is 0 Å². The van der Waals surface area contributed by atoms with Crippen LogP contribution in [0.4, 0.5) is 11.4 Å². The van der Waals surface area contributed by atoms with Gasteiger partial charge in [0.2, 0.25) is 0 Å². The van der Waals surface area contributed by atoms with Gasteiger partial charge in [0.05, 0.1) is 0 Å². The van der Waals surface area contributed by atoms with E-state index in [9.17, 15) is 4.79 Å². The molecule has 14 heavy (non-hydrogen) atoms. The van der Waals surface area contributed by atoms with Gasteiger partial charge in [-0.05, 0) is 37.6 Å². The van der Waals surface area contributed by atoms with Gasteiger partial charge in [-0.2, -0.15) is 0 Å². The van der Waals surface area contributed by atoms with Crippen molar-refractivity contribution in [3.63, 3.8) is 0 Å². The molecule has 1 unspecified atom stereocenters. The zero-order chi connectivity index (χ0) is 10.7. The summed E-state index contributed by atoms with van der Waals surface area (Å²) in [5.41, 5.74) is 7.75. The average molecular weight is 194 g/mol. The smallest absolute Gasteiger partial charge is 0.252 e. The molecule has 0 saturated heterocycles. The van der Waals surface area contributed by atoms with E-state index >= 15 is 0 Å². The minimum absolute atomic E-state index is 0.419. The average Bonchev–Trinajstić information content (AvgIpc) is 2.09. The Hall–Kier alpha value is -1.55. The summed E-state index contributed by atoms with van der Waals surface area (Å²) >= 11 is 0. The second kappa shape index (κ2) is 4.11. The molecule has 1 atom stereocenters. The molecule has 0 bridgehead atoms. The summed E-state index contributed by atoms with van der Waals surface area (Å²) in [5.74, 6) is -0.419. The highest BCUT2D eigenvalue weighted by atomic mass is 16.3. The van der Waals surface area contributed by atoms with Crippen LogP contribution in [0, 0.1) is 6.92 Å². The number of hydrogen-bond acceptors (Lipinski definition) is 3. The zero-order valence-corrected chi connectivity index (χ0v) is 8.24. The fraction of sp³-hybridized carbons (Fsp3) is 0.300. The maximum Gasteiger partial charge on any atom is 0.252 e. The molecular weight excluding hydrogens is 180 g/mol. The van der Waals surface area contributed by atoms with Gasteiger partial charge in [0.15, 0.2) is 0 Å². The van der Waals surface area contributed by atoms with Gasteiger partial charge in [0.1, 0.15) is 6.10 Å². The molecule has 0 fully saturated rings. The maximum atomic E-state index is 11.2. The highest BCUT2D eigenvalue weighted by molar-refractivity contribution is 5.94. The third-order valence-electron chi connectivity index (χ3n) is 1.89. The van der Waals surface area contributed by atoms with Gasteiger partial charge in [-0.3, -0.25) is 4.79 Å². The number of carbonyl (C=O) groups excluding carboxylic acids is 1. The lowest BCUT2D eigenvalue weighted by Crippen LogP contribution is -2.24. The summed E-state index contributed by atoms with van der Waals surface area (Å²) in [4.78, 5) is 11.2. The summed E-state index contributed by atoms with van der Waals surface area (Å²) in [6, 6.07) is 5.17. The van der Waals surface area contributed by atoms with Crippen LogP contribution in [0.5, 0.6) is 0 Å². The third kappa shape index (κ3) is 2.47. The van der Waals surface area contributed by atoms with Crippen molar-refractivity contribution in [1.29, 1.82) is 0 Å². The first-order valence-electron chi connectivity index (χ1n) is 4.36. The van der Waals surface area contributed by atoms with Crippen LogP contribution < -0.4 is 11.1 Å². The molecule has 0 aliphatic carbocycles. The van der Waals surface area contributed by atoms with E-state index in [1.165, 1.54) is 6.92 Å². The highest BCUT2D eigenvalue weighted by Gasteiger charge is 2.09. The Balaban J connectivity index is 2.82. The third-order valence-corrected chi connectivity index (χ3v) is 1.89. The van der Waals surface area contributed by atoms with Gasteiger partial charge >= 0.3 is 0 Å². The van der Waals surface area contributed by atoms with Gasteiger partial charge in [-0.25, -0.2) is 0 Å². The number of nitrogens with one attached hydrogen (secondary N) is 1. The van der Waals surface area contributed by atoms with Crippen LogP contribution in [0.3, 0.4) is 0 Å². The number of hydrogen-bond donors (Lipinski definition) is 3. The molecule has 0 heterocycles. The standard InChI is InChI=1S/C10H14N2O2/c1-6-5-8(11)3-4-9(6)12-10(14)7(2)13/h3-5,7,13H,11H2,1-2H3,(H,12,14). The minimum Gasteiger partial charge on any atom is -0.399 e. The molecule has 0 radical (unpaired) electrons. The van der Waals surface area contributed by atoms with Crippen LogP contribution in [0.15, 0.2) is 18.2 Å². The fourth-order valence-corrected chi connectivity index (χ4v) is 1.06. The monoisotopic (exact) mass is 194 g/mol. The molecular formula is C10H14N2O2. The number of nitrogens with two attached hydrogens (primary N) is 1. The summed E-state index contributed by atoms with van der Waals surface area (Å²) in [7, 11) is 0. The van der Waals surface area contributed by atoms with Crippen molar-refractivity contribution in [2.24, 2.45) is 0 Å². The Kier molecular flexibility index (Phi) is 3.09. The molecule has 4 N–H and O–H groups in total. The van der Waals surface area contributed by atoms with E-state index in [0.29, 0.717) is 11.4 Å². The molecule has 0 aromatic heterocycles. The molecule has 4 heteroatoms. The van der Waals surface area contributed by atoms with Crippen LogP contribution in [-0.4, -0.2) is 17.1 Å². The summed E-state index contributed by atoms with van der Waals surface area (Å²) in [5, 5.41) is 11.6. The van der Waals surface area contributed by atoms with Crippen molar-refractivity contribution in [3.05, 3.63) is 23.8 Å². The number of carbonyl (C=O) groups is 1. The molecule has 1 amide bonds. The van der Waals surface area contributed by atoms with Crippen molar-refractivity contribution in [1.82, 2.24) is 0 Å². The van der Waals surface area contributed by atoms with Gasteiger partial charge in [-0.15, -0.1) is 0 Å². The van der Waals surface area contributed by atoms with Crippen molar-refractivity contribution < 1.29 is 9.90 Å². The minimum atomic E-state index is -1.01.